The molecule has 1 rings (SSSR count). The Morgan fingerprint density at radius 2 is 1.14 bits per heavy atom. The predicted octanol–water partition coefficient (Wildman–Crippen LogP) is 7.72. The van der Waals surface area contributed by atoms with Gasteiger partial charge in [-0.05, 0) is 51.4 Å². The van der Waals surface area contributed by atoms with Gasteiger partial charge in [0.1, 0.15) is 24.4 Å². The van der Waals surface area contributed by atoms with Crippen LogP contribution in [0, 0.1) is 0 Å². The Hall–Kier alpha value is -1.59. The van der Waals surface area contributed by atoms with Crippen molar-refractivity contribution in [3.05, 3.63) is 36.5 Å². The molecule has 1 aliphatic rings. The maximum atomic E-state index is 12.9. The Bertz CT molecular complexity index is 894. The number of carbonyl (C=O) groups is 1. The minimum atomic E-state index is -1.57. The summed E-state index contributed by atoms with van der Waals surface area (Å²) < 4.78 is 11.1. The van der Waals surface area contributed by atoms with E-state index in [-0.39, 0.29) is 12.5 Å². The summed E-state index contributed by atoms with van der Waals surface area (Å²) in [5, 5.41) is 53.9. The molecule has 0 spiro atoms. The van der Waals surface area contributed by atoms with Crippen LogP contribution in [0.15, 0.2) is 36.5 Å². The van der Waals surface area contributed by atoms with Gasteiger partial charge in [-0.2, -0.15) is 0 Å². The number of carbonyl (C=O) groups excluding carboxylic acids is 1. The molecule has 9 nitrogen and oxygen atoms in total. The van der Waals surface area contributed by atoms with Crippen LogP contribution in [-0.2, 0) is 14.3 Å². The molecule has 1 saturated heterocycles. The van der Waals surface area contributed by atoms with Crippen LogP contribution in [0.25, 0.3) is 0 Å². The van der Waals surface area contributed by atoms with Crippen molar-refractivity contribution in [2.45, 2.75) is 211 Å². The highest BCUT2D eigenvalue weighted by molar-refractivity contribution is 5.76. The van der Waals surface area contributed by atoms with Crippen LogP contribution in [0.5, 0.6) is 0 Å². The first-order chi connectivity index (χ1) is 24.8. The Kier molecular flexibility index (Phi) is 30.7. The zero-order valence-corrected chi connectivity index (χ0v) is 32.4. The smallest absolute Gasteiger partial charge is 0.220 e. The van der Waals surface area contributed by atoms with E-state index in [1.54, 1.807) is 6.08 Å². The van der Waals surface area contributed by atoms with E-state index in [0.717, 1.165) is 64.2 Å². The Morgan fingerprint density at radius 3 is 1.71 bits per heavy atom. The molecule has 0 aromatic rings. The molecule has 0 aliphatic carbocycles. The van der Waals surface area contributed by atoms with Gasteiger partial charge in [0, 0.05) is 6.42 Å². The number of allylic oxidation sites excluding steroid dienone is 5. The zero-order valence-electron chi connectivity index (χ0n) is 32.4. The fourth-order valence-corrected chi connectivity index (χ4v) is 6.27. The van der Waals surface area contributed by atoms with Crippen molar-refractivity contribution in [2.75, 3.05) is 13.2 Å². The van der Waals surface area contributed by atoms with Crippen LogP contribution >= 0.6 is 0 Å². The van der Waals surface area contributed by atoms with Gasteiger partial charge >= 0.3 is 0 Å². The Morgan fingerprint density at radius 1 is 0.647 bits per heavy atom. The number of aliphatic hydroxyl groups excluding tert-OH is 5. The molecular formula is C42H77NO8. The highest BCUT2D eigenvalue weighted by Crippen LogP contribution is 2.22. The summed E-state index contributed by atoms with van der Waals surface area (Å²) in [4.78, 5) is 12.9. The highest BCUT2D eigenvalue weighted by Gasteiger charge is 2.44. The molecule has 0 radical (unpaired) electrons. The zero-order chi connectivity index (χ0) is 37.4. The normalized spacial score (nSPS) is 22.4. The van der Waals surface area contributed by atoms with Crippen molar-refractivity contribution < 1.29 is 39.8 Å². The van der Waals surface area contributed by atoms with Gasteiger partial charge in [-0.25, -0.2) is 0 Å². The monoisotopic (exact) mass is 724 g/mol. The molecule has 7 atom stereocenters. The fourth-order valence-electron chi connectivity index (χ4n) is 6.27. The summed E-state index contributed by atoms with van der Waals surface area (Å²) in [6.45, 7) is 3.69. The van der Waals surface area contributed by atoms with Gasteiger partial charge in [-0.1, -0.05) is 147 Å². The van der Waals surface area contributed by atoms with Crippen LogP contribution in [0.4, 0.5) is 0 Å². The van der Waals surface area contributed by atoms with Crippen molar-refractivity contribution in [1.82, 2.24) is 5.32 Å². The molecule has 1 fully saturated rings. The van der Waals surface area contributed by atoms with E-state index < -0.39 is 49.5 Å². The summed E-state index contributed by atoms with van der Waals surface area (Å²) in [7, 11) is 0. The van der Waals surface area contributed by atoms with Gasteiger partial charge in [-0.3, -0.25) is 4.79 Å². The maximum Gasteiger partial charge on any atom is 0.220 e. The van der Waals surface area contributed by atoms with Gasteiger partial charge in [0.25, 0.3) is 0 Å². The highest BCUT2D eigenvalue weighted by atomic mass is 16.7. The Labute approximate surface area is 311 Å². The number of hydrogen-bond donors (Lipinski definition) is 6. The molecule has 1 heterocycles. The standard InChI is InChI=1S/C42H77NO8/c1-3-5-7-9-11-13-15-16-17-18-19-20-22-23-25-27-29-31-36(45)35(34-50-42-41(49)40(48)39(47)37(33-44)51-42)43-38(46)32-30-28-26-24-21-14-12-10-8-6-4-2/h10,12,22-23,29,31,35-37,39-42,44-45,47-49H,3-9,11,13-21,24-28,30,32-34H2,1-2H3,(H,43,46)/b12-10-,23-22+,31-29+. The molecule has 0 bridgehead atoms. The van der Waals surface area contributed by atoms with Crippen molar-refractivity contribution in [3.8, 4) is 0 Å². The number of aliphatic hydroxyl groups is 5. The van der Waals surface area contributed by atoms with Gasteiger partial charge in [0.15, 0.2) is 6.29 Å². The summed E-state index contributed by atoms with van der Waals surface area (Å²) in [5.74, 6) is -0.200. The average Bonchev–Trinajstić information content (AvgIpc) is 3.13. The Balaban J connectivity index is 2.44. The van der Waals surface area contributed by atoms with E-state index in [9.17, 15) is 30.3 Å². The fraction of sp³-hybridized carbons (Fsp3) is 0.833. The van der Waals surface area contributed by atoms with E-state index in [1.165, 1.54) is 83.5 Å². The quantitative estimate of drug-likeness (QED) is 0.0298. The summed E-state index contributed by atoms with van der Waals surface area (Å²) >= 11 is 0. The van der Waals surface area contributed by atoms with Gasteiger partial charge in [0.05, 0.1) is 25.4 Å². The van der Waals surface area contributed by atoms with Crippen LogP contribution in [0.2, 0.25) is 0 Å². The van der Waals surface area contributed by atoms with Gasteiger partial charge < -0.3 is 40.3 Å². The minimum absolute atomic E-state index is 0.200. The number of unbranched alkanes of at least 4 members (excludes halogenated alkanes) is 19. The average molecular weight is 724 g/mol. The maximum absolute atomic E-state index is 12.9. The molecule has 0 saturated carbocycles. The SMILES string of the molecule is CCCC/C=C\CCCCCCCC(=O)NC(COC1OC(CO)C(O)C(O)C1O)C(O)/C=C/CC/C=C/CCCCCCCCCCCCC. The molecular weight excluding hydrogens is 646 g/mol. The lowest BCUT2D eigenvalue weighted by Gasteiger charge is -2.40. The van der Waals surface area contributed by atoms with E-state index in [1.807, 2.05) is 6.08 Å². The van der Waals surface area contributed by atoms with Crippen molar-refractivity contribution in [3.63, 3.8) is 0 Å². The summed E-state index contributed by atoms with van der Waals surface area (Å²) in [6, 6.07) is -0.822. The third-order valence-electron chi connectivity index (χ3n) is 9.69. The van der Waals surface area contributed by atoms with E-state index in [2.05, 4.69) is 43.5 Å². The van der Waals surface area contributed by atoms with Crippen LogP contribution in [0.3, 0.4) is 0 Å². The first-order valence-corrected chi connectivity index (χ1v) is 20.7. The van der Waals surface area contributed by atoms with Crippen molar-refractivity contribution >= 4 is 5.91 Å². The lowest BCUT2D eigenvalue weighted by molar-refractivity contribution is -0.302. The van der Waals surface area contributed by atoms with Crippen molar-refractivity contribution in [2.24, 2.45) is 0 Å². The molecule has 298 valence electrons. The van der Waals surface area contributed by atoms with E-state index in [0.29, 0.717) is 6.42 Å². The largest absolute Gasteiger partial charge is 0.394 e. The number of ether oxygens (including phenoxy) is 2. The molecule has 1 aliphatic heterocycles. The van der Waals surface area contributed by atoms with E-state index >= 15 is 0 Å². The number of amides is 1. The summed E-state index contributed by atoms with van der Waals surface area (Å²) in [5.41, 5.74) is 0. The molecule has 7 unspecified atom stereocenters. The number of nitrogens with one attached hydrogen (secondary N) is 1. The minimum Gasteiger partial charge on any atom is -0.394 e. The molecule has 9 heteroatoms. The molecule has 51 heavy (non-hydrogen) atoms. The molecule has 0 aromatic carbocycles. The predicted molar refractivity (Wildman–Crippen MR) is 207 cm³/mol. The van der Waals surface area contributed by atoms with Gasteiger partial charge in [-0.15, -0.1) is 0 Å². The molecule has 1 amide bonds. The van der Waals surface area contributed by atoms with Crippen LogP contribution < -0.4 is 5.32 Å². The third kappa shape index (κ3) is 24.4. The van der Waals surface area contributed by atoms with Crippen LogP contribution in [0.1, 0.15) is 168 Å². The number of hydrogen-bond acceptors (Lipinski definition) is 8. The first-order valence-electron chi connectivity index (χ1n) is 20.7. The van der Waals surface area contributed by atoms with Crippen LogP contribution in [-0.4, -0.2) is 87.5 Å². The lowest BCUT2D eigenvalue weighted by atomic mass is 9.99. The lowest BCUT2D eigenvalue weighted by Crippen LogP contribution is -2.60. The molecule has 0 aromatic heterocycles. The third-order valence-corrected chi connectivity index (χ3v) is 9.69. The first kappa shape index (κ1) is 47.4. The number of rotatable bonds is 33. The topological polar surface area (TPSA) is 149 Å². The van der Waals surface area contributed by atoms with Crippen molar-refractivity contribution in [1.29, 1.82) is 0 Å². The second-order valence-corrected chi connectivity index (χ2v) is 14.4. The van der Waals surface area contributed by atoms with Gasteiger partial charge in [0.2, 0.25) is 5.91 Å². The molecule has 6 N–H and O–H groups in total. The second-order valence-electron chi connectivity index (χ2n) is 14.4. The summed E-state index contributed by atoms with van der Waals surface area (Å²) in [6.07, 6.45) is 31.9. The second kappa shape index (κ2) is 33.0. The van der Waals surface area contributed by atoms with E-state index in [4.69, 9.17) is 9.47 Å².